The Kier molecular flexibility index (Phi) is 8.19. The molecule has 10 aromatic carbocycles. The fraction of sp³-hybridized carbons (Fsp3) is 0. The fourth-order valence-electron chi connectivity index (χ4n) is 8.65. The third-order valence-electron chi connectivity index (χ3n) is 11.5. The molecule has 0 fully saturated rings. The highest BCUT2D eigenvalue weighted by Crippen LogP contribution is 2.45. The predicted molar refractivity (Wildman–Crippen MR) is 245 cm³/mol. The molecule has 0 saturated heterocycles. The molecule has 0 N–H and O–H groups in total. The molecular weight excluding hydrogens is 703 g/mol. The van der Waals surface area contributed by atoms with Crippen LogP contribution in [0, 0.1) is 0 Å². The van der Waals surface area contributed by atoms with Crippen molar-refractivity contribution in [1.82, 2.24) is 0 Å². The molecule has 0 spiro atoms. The molecule has 0 aliphatic heterocycles. The molecule has 0 amide bonds. The van der Waals surface area contributed by atoms with E-state index in [4.69, 9.17) is 4.42 Å². The Labute approximate surface area is 337 Å². The smallest absolute Gasteiger partial charge is 0.159 e. The van der Waals surface area contributed by atoms with Gasteiger partial charge in [-0.1, -0.05) is 188 Å². The zero-order chi connectivity index (χ0) is 38.4. The highest BCUT2D eigenvalue weighted by atomic mass is 16.3. The standard InChI is InChI=1S/C56H37NO/c1-3-13-38(14-4-1)44-28-27-41-19-10-22-49(53(41)37-44)43-31-35-46(36-32-43)57(45-33-29-42(30-34-45)48-21-9-18-39-17-7-8-20-47(39)48)54-26-12-25-52-51-24-11-23-50(55(51)58-56(52)54)40-15-5-2-6-16-40/h1-37H. The number of hydrogen-bond acceptors (Lipinski definition) is 2. The van der Waals surface area contributed by atoms with Crippen molar-refractivity contribution in [2.24, 2.45) is 0 Å². The number of benzene rings is 10. The lowest BCUT2D eigenvalue weighted by Crippen LogP contribution is -2.10. The van der Waals surface area contributed by atoms with Crippen LogP contribution in [-0.2, 0) is 0 Å². The van der Waals surface area contributed by atoms with Gasteiger partial charge < -0.3 is 9.32 Å². The summed E-state index contributed by atoms with van der Waals surface area (Å²) in [5.41, 5.74) is 14.2. The van der Waals surface area contributed by atoms with Crippen molar-refractivity contribution < 1.29 is 4.42 Å². The first kappa shape index (κ1) is 33.6. The van der Waals surface area contributed by atoms with Crippen LogP contribution in [0.25, 0.3) is 88.0 Å². The maximum absolute atomic E-state index is 6.98. The molecule has 0 unspecified atom stereocenters. The van der Waals surface area contributed by atoms with E-state index in [2.05, 4.69) is 229 Å². The molecule has 1 heterocycles. The van der Waals surface area contributed by atoms with E-state index in [0.717, 1.165) is 50.1 Å². The molecule has 0 saturated carbocycles. The zero-order valence-electron chi connectivity index (χ0n) is 31.7. The number of fused-ring (bicyclic) bond motifs is 5. The first-order valence-electron chi connectivity index (χ1n) is 19.8. The van der Waals surface area contributed by atoms with Gasteiger partial charge in [-0.2, -0.15) is 0 Å². The molecule has 0 atom stereocenters. The van der Waals surface area contributed by atoms with Crippen LogP contribution >= 0.6 is 0 Å². The Morgan fingerprint density at radius 3 is 1.43 bits per heavy atom. The highest BCUT2D eigenvalue weighted by Gasteiger charge is 2.21. The Morgan fingerprint density at radius 1 is 0.276 bits per heavy atom. The van der Waals surface area contributed by atoms with Crippen molar-refractivity contribution in [2.45, 2.75) is 0 Å². The summed E-state index contributed by atoms with van der Waals surface area (Å²) in [7, 11) is 0. The van der Waals surface area contributed by atoms with E-state index < -0.39 is 0 Å². The molecule has 272 valence electrons. The lowest BCUT2D eigenvalue weighted by atomic mass is 9.94. The summed E-state index contributed by atoms with van der Waals surface area (Å²) in [6.45, 7) is 0. The summed E-state index contributed by atoms with van der Waals surface area (Å²) in [5.74, 6) is 0. The normalized spacial score (nSPS) is 11.4. The van der Waals surface area contributed by atoms with Gasteiger partial charge in [0.25, 0.3) is 0 Å². The van der Waals surface area contributed by atoms with Crippen LogP contribution in [0.4, 0.5) is 17.1 Å². The van der Waals surface area contributed by atoms with Crippen LogP contribution in [0.3, 0.4) is 0 Å². The van der Waals surface area contributed by atoms with Crippen LogP contribution < -0.4 is 4.90 Å². The SMILES string of the molecule is c1ccc(-c2ccc3cccc(-c4ccc(N(c5ccc(-c6cccc7ccccc67)cc5)c5cccc6c5oc5c(-c7ccccc7)cccc56)cc4)c3c2)cc1. The van der Waals surface area contributed by atoms with Gasteiger partial charge >= 0.3 is 0 Å². The minimum atomic E-state index is 0.852. The Bertz CT molecular complexity index is 3250. The number of para-hydroxylation sites is 2. The van der Waals surface area contributed by atoms with Crippen molar-refractivity contribution in [2.75, 3.05) is 4.90 Å². The monoisotopic (exact) mass is 739 g/mol. The zero-order valence-corrected chi connectivity index (χ0v) is 31.7. The largest absolute Gasteiger partial charge is 0.453 e. The third kappa shape index (κ3) is 5.82. The van der Waals surface area contributed by atoms with Crippen molar-refractivity contribution in [3.63, 3.8) is 0 Å². The van der Waals surface area contributed by atoms with Gasteiger partial charge in [-0.15, -0.1) is 0 Å². The van der Waals surface area contributed by atoms with Gasteiger partial charge in [0.1, 0.15) is 5.58 Å². The second kappa shape index (κ2) is 14.1. The summed E-state index contributed by atoms with van der Waals surface area (Å²) in [4.78, 5) is 2.33. The number of rotatable bonds is 7. The summed E-state index contributed by atoms with van der Waals surface area (Å²) in [6.07, 6.45) is 0. The Balaban J connectivity index is 1.06. The second-order valence-electron chi connectivity index (χ2n) is 14.9. The Hall–Kier alpha value is -7.68. The van der Waals surface area contributed by atoms with Gasteiger partial charge in [0.2, 0.25) is 0 Å². The lowest BCUT2D eigenvalue weighted by Gasteiger charge is -2.26. The third-order valence-corrected chi connectivity index (χ3v) is 11.5. The van der Waals surface area contributed by atoms with Crippen LogP contribution in [0.1, 0.15) is 0 Å². The van der Waals surface area contributed by atoms with Crippen LogP contribution in [0.15, 0.2) is 229 Å². The molecule has 0 radical (unpaired) electrons. The van der Waals surface area contributed by atoms with E-state index in [9.17, 15) is 0 Å². The van der Waals surface area contributed by atoms with Gasteiger partial charge in [-0.05, 0) is 96.9 Å². The quantitative estimate of drug-likeness (QED) is 0.162. The summed E-state index contributed by atoms with van der Waals surface area (Å²) < 4.78 is 6.98. The van der Waals surface area contributed by atoms with Crippen LogP contribution in [-0.4, -0.2) is 0 Å². The molecular formula is C56H37NO. The van der Waals surface area contributed by atoms with Crippen LogP contribution in [0.2, 0.25) is 0 Å². The molecule has 0 aliphatic carbocycles. The molecule has 2 nitrogen and oxygen atoms in total. The number of anilines is 3. The maximum Gasteiger partial charge on any atom is 0.159 e. The summed E-state index contributed by atoms with van der Waals surface area (Å²) in [5, 5.41) is 7.13. The predicted octanol–water partition coefficient (Wildman–Crippen LogP) is 16.0. The van der Waals surface area contributed by atoms with Gasteiger partial charge in [0, 0.05) is 27.7 Å². The van der Waals surface area contributed by atoms with E-state index >= 15 is 0 Å². The highest BCUT2D eigenvalue weighted by molar-refractivity contribution is 6.13. The van der Waals surface area contributed by atoms with Gasteiger partial charge in [0.15, 0.2) is 5.58 Å². The number of nitrogens with zero attached hydrogens (tertiary/aromatic N) is 1. The van der Waals surface area contributed by atoms with Gasteiger partial charge in [-0.3, -0.25) is 0 Å². The molecule has 11 rings (SSSR count). The lowest BCUT2D eigenvalue weighted by molar-refractivity contribution is 0.670. The number of hydrogen-bond donors (Lipinski definition) is 0. The first-order valence-corrected chi connectivity index (χ1v) is 19.8. The molecule has 58 heavy (non-hydrogen) atoms. The molecule has 1 aromatic heterocycles. The van der Waals surface area contributed by atoms with E-state index in [-0.39, 0.29) is 0 Å². The molecule has 0 aliphatic rings. The number of furan rings is 1. The average Bonchev–Trinajstić information content (AvgIpc) is 3.69. The van der Waals surface area contributed by atoms with E-state index in [0.29, 0.717) is 0 Å². The van der Waals surface area contributed by atoms with Crippen molar-refractivity contribution in [3.8, 4) is 44.5 Å². The van der Waals surface area contributed by atoms with Crippen LogP contribution in [0.5, 0.6) is 0 Å². The van der Waals surface area contributed by atoms with E-state index in [1.165, 1.54) is 54.9 Å². The molecule has 0 bridgehead atoms. The topological polar surface area (TPSA) is 16.4 Å². The van der Waals surface area contributed by atoms with E-state index in [1.54, 1.807) is 0 Å². The van der Waals surface area contributed by atoms with Gasteiger partial charge in [0.05, 0.1) is 5.69 Å². The summed E-state index contributed by atoms with van der Waals surface area (Å²) >= 11 is 0. The minimum absolute atomic E-state index is 0.852. The van der Waals surface area contributed by atoms with E-state index in [1.807, 2.05) is 0 Å². The second-order valence-corrected chi connectivity index (χ2v) is 14.9. The average molecular weight is 740 g/mol. The Morgan fingerprint density at radius 2 is 0.741 bits per heavy atom. The maximum atomic E-state index is 6.98. The first-order chi connectivity index (χ1) is 28.8. The van der Waals surface area contributed by atoms with Crippen molar-refractivity contribution in [1.29, 1.82) is 0 Å². The van der Waals surface area contributed by atoms with Crippen molar-refractivity contribution in [3.05, 3.63) is 224 Å². The summed E-state index contributed by atoms with van der Waals surface area (Å²) in [6, 6.07) is 80.5. The molecule has 2 heteroatoms. The fourth-order valence-corrected chi connectivity index (χ4v) is 8.65. The van der Waals surface area contributed by atoms with Crippen molar-refractivity contribution >= 4 is 60.5 Å². The van der Waals surface area contributed by atoms with Gasteiger partial charge in [-0.25, -0.2) is 0 Å². The minimum Gasteiger partial charge on any atom is -0.453 e. The molecule has 11 aromatic rings.